The van der Waals surface area contributed by atoms with Crippen LogP contribution in [0.1, 0.15) is 24.6 Å². The minimum atomic E-state index is -4.49. The van der Waals surface area contributed by atoms with Crippen molar-refractivity contribution < 1.29 is 17.7 Å². The molecule has 1 saturated carbocycles. The lowest BCUT2D eigenvalue weighted by Crippen LogP contribution is -2.44. The van der Waals surface area contributed by atoms with Gasteiger partial charge >= 0.3 is 6.18 Å². The van der Waals surface area contributed by atoms with Gasteiger partial charge in [0.2, 0.25) is 0 Å². The Hall–Kier alpha value is -2.10. The molecule has 0 radical (unpaired) electrons. The van der Waals surface area contributed by atoms with Crippen LogP contribution in [0.4, 0.5) is 19.1 Å². The molecule has 2 aromatic rings. The van der Waals surface area contributed by atoms with Crippen molar-refractivity contribution >= 4 is 5.95 Å². The summed E-state index contributed by atoms with van der Waals surface area (Å²) < 4.78 is 45.3. The second-order valence-electron chi connectivity index (χ2n) is 5.72. The van der Waals surface area contributed by atoms with Crippen molar-refractivity contribution in [2.45, 2.75) is 25.1 Å². The number of alkyl halides is 3. The molecule has 1 saturated heterocycles. The Kier molecular flexibility index (Phi) is 3.29. The van der Waals surface area contributed by atoms with Gasteiger partial charge in [0, 0.05) is 32.2 Å². The van der Waals surface area contributed by atoms with Crippen molar-refractivity contribution in [1.29, 1.82) is 0 Å². The summed E-state index contributed by atoms with van der Waals surface area (Å²) in [5.41, 5.74) is -0.699. The third kappa shape index (κ3) is 2.78. The zero-order valence-electron chi connectivity index (χ0n) is 12.2. The van der Waals surface area contributed by atoms with Gasteiger partial charge < -0.3 is 14.7 Å². The largest absolute Gasteiger partial charge is 0.435 e. The van der Waals surface area contributed by atoms with Crippen molar-refractivity contribution in [3.8, 4) is 11.6 Å². The lowest BCUT2D eigenvalue weighted by atomic mass is 10.3. The standard InChI is InChI=1S/C13H15F3N6O/c14-13(15,16)10-7-9(22(19-10)8-1-2-8)11-18-12(20-23-11)21-5-3-17-4-6-21/h7-8,17H,1-6H2. The zero-order valence-corrected chi connectivity index (χ0v) is 12.2. The van der Waals surface area contributed by atoms with Crippen LogP contribution in [-0.4, -0.2) is 46.1 Å². The lowest BCUT2D eigenvalue weighted by Gasteiger charge is -2.25. The summed E-state index contributed by atoms with van der Waals surface area (Å²) in [5.74, 6) is 0.479. The van der Waals surface area contributed by atoms with Gasteiger partial charge in [0.1, 0.15) is 5.69 Å². The normalized spacial score (nSPS) is 19.3. The molecule has 3 heterocycles. The molecule has 2 fully saturated rings. The van der Waals surface area contributed by atoms with Gasteiger partial charge in [0.25, 0.3) is 11.8 Å². The van der Waals surface area contributed by atoms with Crippen molar-refractivity contribution in [1.82, 2.24) is 25.2 Å². The molecule has 1 aliphatic heterocycles. The molecule has 1 aliphatic carbocycles. The van der Waals surface area contributed by atoms with E-state index in [2.05, 4.69) is 20.6 Å². The van der Waals surface area contributed by atoms with Crippen LogP contribution in [0.2, 0.25) is 0 Å². The van der Waals surface area contributed by atoms with Crippen molar-refractivity contribution in [2.75, 3.05) is 31.1 Å². The Labute approximate surface area is 129 Å². The summed E-state index contributed by atoms with van der Waals surface area (Å²) in [4.78, 5) is 6.20. The van der Waals surface area contributed by atoms with Crippen molar-refractivity contribution in [3.05, 3.63) is 11.8 Å². The molecule has 0 bridgehead atoms. The highest BCUT2D eigenvalue weighted by Crippen LogP contribution is 2.40. The molecular formula is C13H15F3N6O. The van der Waals surface area contributed by atoms with E-state index in [1.54, 1.807) is 0 Å². The van der Waals surface area contributed by atoms with E-state index in [1.807, 2.05) is 4.90 Å². The predicted molar refractivity (Wildman–Crippen MR) is 73.9 cm³/mol. The molecular weight excluding hydrogens is 313 g/mol. The maximum Gasteiger partial charge on any atom is 0.435 e. The minimum absolute atomic E-state index is 0.0179. The van der Waals surface area contributed by atoms with Crippen LogP contribution < -0.4 is 10.2 Å². The summed E-state index contributed by atoms with van der Waals surface area (Å²) in [7, 11) is 0. The third-order valence-corrected chi connectivity index (χ3v) is 3.95. The number of nitrogens with zero attached hydrogens (tertiary/aromatic N) is 5. The average Bonchev–Trinajstić information content (AvgIpc) is 3.09. The predicted octanol–water partition coefficient (Wildman–Crippen LogP) is 1.70. The van der Waals surface area contributed by atoms with Gasteiger partial charge in [-0.1, -0.05) is 0 Å². The lowest BCUT2D eigenvalue weighted by molar-refractivity contribution is -0.141. The maximum absolute atomic E-state index is 12.9. The van der Waals surface area contributed by atoms with Crippen LogP contribution in [0.25, 0.3) is 11.6 Å². The van der Waals surface area contributed by atoms with Crippen molar-refractivity contribution in [3.63, 3.8) is 0 Å². The first-order valence-electron chi connectivity index (χ1n) is 7.49. The zero-order chi connectivity index (χ0) is 16.0. The molecule has 0 aromatic carbocycles. The van der Waals surface area contributed by atoms with Gasteiger partial charge in [-0.3, -0.25) is 4.68 Å². The molecule has 0 amide bonds. The van der Waals surface area contributed by atoms with E-state index in [4.69, 9.17) is 4.52 Å². The summed E-state index contributed by atoms with van der Waals surface area (Å²) in [6.07, 6.45) is -2.87. The molecule has 23 heavy (non-hydrogen) atoms. The third-order valence-electron chi connectivity index (χ3n) is 3.95. The topological polar surface area (TPSA) is 72.0 Å². The molecule has 0 spiro atoms. The smallest absolute Gasteiger partial charge is 0.336 e. The van der Waals surface area contributed by atoms with Crippen LogP contribution in [0.3, 0.4) is 0 Å². The van der Waals surface area contributed by atoms with E-state index >= 15 is 0 Å². The molecule has 2 aliphatic rings. The van der Waals surface area contributed by atoms with E-state index in [9.17, 15) is 13.2 Å². The SMILES string of the molecule is FC(F)(F)c1cc(-c2nc(N3CCNCC3)no2)n(C2CC2)n1. The molecule has 0 unspecified atom stereocenters. The van der Waals surface area contributed by atoms with Gasteiger partial charge in [0.15, 0.2) is 5.69 Å². The highest BCUT2D eigenvalue weighted by Gasteiger charge is 2.38. The van der Waals surface area contributed by atoms with Gasteiger partial charge in [-0.25, -0.2) is 0 Å². The number of hydrogen-bond acceptors (Lipinski definition) is 6. The quantitative estimate of drug-likeness (QED) is 0.925. The fraction of sp³-hybridized carbons (Fsp3) is 0.615. The van der Waals surface area contributed by atoms with Crippen LogP contribution in [0.5, 0.6) is 0 Å². The first-order chi connectivity index (χ1) is 11.0. The number of anilines is 1. The van der Waals surface area contributed by atoms with Gasteiger partial charge in [-0.05, 0) is 18.0 Å². The molecule has 124 valence electrons. The van der Waals surface area contributed by atoms with Crippen LogP contribution in [-0.2, 0) is 6.18 Å². The van der Waals surface area contributed by atoms with Crippen LogP contribution >= 0.6 is 0 Å². The summed E-state index contributed by atoms with van der Waals surface area (Å²) in [6, 6.07) is 0.962. The number of halogens is 3. The highest BCUT2D eigenvalue weighted by atomic mass is 19.4. The molecule has 10 heteroatoms. The Balaban J connectivity index is 1.67. The Bertz CT molecular complexity index is 699. The fourth-order valence-electron chi connectivity index (χ4n) is 2.60. The number of rotatable bonds is 3. The summed E-state index contributed by atoms with van der Waals surface area (Å²) >= 11 is 0. The number of nitrogens with one attached hydrogen (secondary N) is 1. The van der Waals surface area contributed by atoms with Gasteiger partial charge in [0.05, 0.1) is 6.04 Å². The number of aromatic nitrogens is 4. The minimum Gasteiger partial charge on any atom is -0.336 e. The first-order valence-corrected chi connectivity index (χ1v) is 7.49. The average molecular weight is 328 g/mol. The summed E-state index contributed by atoms with van der Waals surface area (Å²) in [5, 5.41) is 10.8. The van der Waals surface area contributed by atoms with E-state index < -0.39 is 11.9 Å². The van der Waals surface area contributed by atoms with Crippen LogP contribution in [0, 0.1) is 0 Å². The van der Waals surface area contributed by atoms with E-state index in [-0.39, 0.29) is 17.6 Å². The number of hydrogen-bond donors (Lipinski definition) is 1. The molecule has 2 aromatic heterocycles. The van der Waals surface area contributed by atoms with Gasteiger partial charge in [-0.2, -0.15) is 23.3 Å². The second-order valence-corrected chi connectivity index (χ2v) is 5.72. The Morgan fingerprint density at radius 3 is 2.61 bits per heavy atom. The molecule has 0 atom stereocenters. The maximum atomic E-state index is 12.9. The number of piperazine rings is 1. The molecule has 1 N–H and O–H groups in total. The van der Waals surface area contributed by atoms with Crippen LogP contribution in [0.15, 0.2) is 10.6 Å². The highest BCUT2D eigenvalue weighted by molar-refractivity contribution is 5.51. The molecule has 4 rings (SSSR count). The fourth-order valence-corrected chi connectivity index (χ4v) is 2.60. The Morgan fingerprint density at radius 1 is 1.22 bits per heavy atom. The van der Waals surface area contributed by atoms with Crippen molar-refractivity contribution in [2.24, 2.45) is 0 Å². The van der Waals surface area contributed by atoms with E-state index in [0.29, 0.717) is 5.95 Å². The van der Waals surface area contributed by atoms with E-state index in [1.165, 1.54) is 4.68 Å². The Morgan fingerprint density at radius 2 is 1.96 bits per heavy atom. The van der Waals surface area contributed by atoms with Gasteiger partial charge in [-0.15, -0.1) is 0 Å². The van der Waals surface area contributed by atoms with E-state index in [0.717, 1.165) is 45.1 Å². The monoisotopic (exact) mass is 328 g/mol. The second kappa shape index (κ2) is 5.22. The first kappa shape index (κ1) is 14.5. The summed E-state index contributed by atoms with van der Waals surface area (Å²) in [6.45, 7) is 3.08. The molecule has 7 nitrogen and oxygen atoms in total.